The first-order valence-electron chi connectivity index (χ1n) is 8.11. The van der Waals surface area contributed by atoms with Crippen LogP contribution >= 0.6 is 11.3 Å². The van der Waals surface area contributed by atoms with Gasteiger partial charge in [-0.3, -0.25) is 4.79 Å². The highest BCUT2D eigenvalue weighted by molar-refractivity contribution is 7.21. The molecule has 1 amide bonds. The Balaban J connectivity index is 1.78. The fourth-order valence-corrected chi connectivity index (χ4v) is 4.09. The lowest BCUT2D eigenvalue weighted by atomic mass is 10.1. The summed E-state index contributed by atoms with van der Waals surface area (Å²) in [5.41, 5.74) is 6.57. The summed E-state index contributed by atoms with van der Waals surface area (Å²) in [7, 11) is 0. The van der Waals surface area contributed by atoms with E-state index in [1.807, 2.05) is 25.1 Å². The van der Waals surface area contributed by atoms with Gasteiger partial charge >= 0.3 is 0 Å². The topological polar surface area (TPSA) is 81.3 Å². The first-order chi connectivity index (χ1) is 12.1. The van der Waals surface area contributed by atoms with Crippen molar-refractivity contribution in [3.63, 3.8) is 0 Å². The van der Waals surface area contributed by atoms with Gasteiger partial charge in [-0.15, -0.1) is 11.3 Å². The van der Waals surface area contributed by atoms with E-state index in [4.69, 9.17) is 10.5 Å². The lowest BCUT2D eigenvalue weighted by Gasteiger charge is -2.32. The standard InChI is InChI=1S/C18H18N4O2S/c1-11-20-17(22-7-8-24-14(10-22)16(19)23)13-9-15(25-18(13)21-11)12-5-3-2-4-6-12/h2-6,9,14H,7-8,10H2,1H3,(H2,19,23). The molecule has 1 aromatic carbocycles. The lowest BCUT2D eigenvalue weighted by Crippen LogP contribution is -2.48. The number of rotatable bonds is 3. The van der Waals surface area contributed by atoms with Crippen molar-refractivity contribution < 1.29 is 9.53 Å². The number of ether oxygens (including phenoxy) is 1. The summed E-state index contributed by atoms with van der Waals surface area (Å²) in [6, 6.07) is 12.3. The maximum Gasteiger partial charge on any atom is 0.248 e. The third-order valence-electron chi connectivity index (χ3n) is 4.23. The van der Waals surface area contributed by atoms with E-state index < -0.39 is 12.0 Å². The number of benzene rings is 1. The highest BCUT2D eigenvalue weighted by Crippen LogP contribution is 2.36. The first-order valence-corrected chi connectivity index (χ1v) is 8.93. The molecule has 1 aliphatic rings. The third-order valence-corrected chi connectivity index (χ3v) is 5.30. The van der Waals surface area contributed by atoms with Gasteiger partial charge in [-0.25, -0.2) is 9.97 Å². The van der Waals surface area contributed by atoms with E-state index in [2.05, 4.69) is 33.1 Å². The summed E-state index contributed by atoms with van der Waals surface area (Å²) < 4.78 is 5.45. The van der Waals surface area contributed by atoms with E-state index >= 15 is 0 Å². The lowest BCUT2D eigenvalue weighted by molar-refractivity contribution is -0.130. The number of thiophene rings is 1. The van der Waals surface area contributed by atoms with Gasteiger partial charge in [0.2, 0.25) is 5.91 Å². The Kier molecular flexibility index (Phi) is 4.10. The molecule has 6 nitrogen and oxygen atoms in total. The zero-order chi connectivity index (χ0) is 17.4. The van der Waals surface area contributed by atoms with Crippen LogP contribution in [0.5, 0.6) is 0 Å². The fraction of sp³-hybridized carbons (Fsp3) is 0.278. The van der Waals surface area contributed by atoms with Crippen molar-refractivity contribution in [3.05, 3.63) is 42.2 Å². The number of fused-ring (bicyclic) bond motifs is 1. The minimum Gasteiger partial charge on any atom is -0.367 e. The van der Waals surface area contributed by atoms with Gasteiger partial charge in [-0.2, -0.15) is 0 Å². The van der Waals surface area contributed by atoms with E-state index in [1.54, 1.807) is 11.3 Å². The largest absolute Gasteiger partial charge is 0.367 e. The summed E-state index contributed by atoms with van der Waals surface area (Å²) in [6.45, 7) is 3.42. The van der Waals surface area contributed by atoms with Crippen LogP contribution < -0.4 is 10.6 Å². The summed E-state index contributed by atoms with van der Waals surface area (Å²) in [5.74, 6) is 1.11. The van der Waals surface area contributed by atoms with Gasteiger partial charge in [-0.1, -0.05) is 30.3 Å². The summed E-state index contributed by atoms with van der Waals surface area (Å²) in [6.07, 6.45) is -0.605. The number of primary amides is 1. The highest BCUT2D eigenvalue weighted by atomic mass is 32.1. The van der Waals surface area contributed by atoms with Gasteiger partial charge < -0.3 is 15.4 Å². The number of hydrogen-bond acceptors (Lipinski definition) is 6. The van der Waals surface area contributed by atoms with Crippen molar-refractivity contribution in [1.82, 2.24) is 9.97 Å². The van der Waals surface area contributed by atoms with Crippen LogP contribution in [-0.2, 0) is 9.53 Å². The van der Waals surface area contributed by atoms with Gasteiger partial charge in [0.1, 0.15) is 16.5 Å². The minimum absolute atomic E-state index is 0.414. The number of carbonyl (C=O) groups is 1. The van der Waals surface area contributed by atoms with Gasteiger partial charge in [0.05, 0.1) is 18.5 Å². The average Bonchev–Trinajstić information content (AvgIpc) is 3.05. The van der Waals surface area contributed by atoms with E-state index in [9.17, 15) is 4.79 Å². The van der Waals surface area contributed by atoms with Crippen LogP contribution in [0.2, 0.25) is 0 Å². The van der Waals surface area contributed by atoms with Crippen LogP contribution in [-0.4, -0.2) is 41.7 Å². The highest BCUT2D eigenvalue weighted by Gasteiger charge is 2.27. The fourth-order valence-electron chi connectivity index (χ4n) is 3.01. The molecule has 1 fully saturated rings. The summed E-state index contributed by atoms with van der Waals surface area (Å²) in [4.78, 5) is 24.9. The molecule has 25 heavy (non-hydrogen) atoms. The molecule has 1 unspecified atom stereocenters. The predicted octanol–water partition coefficient (Wildman–Crippen LogP) is 2.36. The van der Waals surface area contributed by atoms with Gasteiger partial charge in [0.15, 0.2) is 6.10 Å². The van der Waals surface area contributed by atoms with Crippen molar-refractivity contribution in [2.75, 3.05) is 24.6 Å². The normalized spacial score (nSPS) is 17.8. The molecule has 0 bridgehead atoms. The van der Waals surface area contributed by atoms with Crippen molar-refractivity contribution in [1.29, 1.82) is 0 Å². The second-order valence-electron chi connectivity index (χ2n) is 6.00. The molecule has 128 valence electrons. The van der Waals surface area contributed by atoms with E-state index in [-0.39, 0.29) is 0 Å². The van der Waals surface area contributed by atoms with Crippen molar-refractivity contribution in [2.45, 2.75) is 13.0 Å². The number of nitrogens with zero attached hydrogens (tertiary/aromatic N) is 3. The zero-order valence-electron chi connectivity index (χ0n) is 13.8. The van der Waals surface area contributed by atoms with Crippen LogP contribution in [0.4, 0.5) is 5.82 Å². The average molecular weight is 354 g/mol. The number of nitrogens with two attached hydrogens (primary N) is 1. The number of hydrogen-bond donors (Lipinski definition) is 1. The van der Waals surface area contributed by atoms with Crippen molar-refractivity contribution in [3.8, 4) is 10.4 Å². The molecule has 0 aliphatic carbocycles. The second kappa shape index (κ2) is 6.42. The molecule has 4 rings (SSSR count). The molecule has 7 heteroatoms. The Morgan fingerprint density at radius 1 is 1.32 bits per heavy atom. The quantitative estimate of drug-likeness (QED) is 0.781. The Bertz CT molecular complexity index is 925. The van der Waals surface area contributed by atoms with E-state index in [0.717, 1.165) is 26.5 Å². The van der Waals surface area contributed by atoms with E-state index in [0.29, 0.717) is 25.5 Å². The van der Waals surface area contributed by atoms with Crippen LogP contribution in [0.15, 0.2) is 36.4 Å². The second-order valence-corrected chi connectivity index (χ2v) is 7.03. The minimum atomic E-state index is -0.605. The molecule has 1 saturated heterocycles. The Morgan fingerprint density at radius 3 is 2.88 bits per heavy atom. The number of aryl methyl sites for hydroxylation is 1. The predicted molar refractivity (Wildman–Crippen MR) is 98.7 cm³/mol. The van der Waals surface area contributed by atoms with Crippen molar-refractivity contribution in [2.24, 2.45) is 5.73 Å². The van der Waals surface area contributed by atoms with Gasteiger partial charge in [-0.05, 0) is 18.6 Å². The van der Waals surface area contributed by atoms with Crippen LogP contribution in [0.25, 0.3) is 20.7 Å². The Labute approximate surface area is 149 Å². The maximum atomic E-state index is 11.5. The Morgan fingerprint density at radius 2 is 2.12 bits per heavy atom. The number of anilines is 1. The van der Waals surface area contributed by atoms with Crippen LogP contribution in [0.3, 0.4) is 0 Å². The smallest absolute Gasteiger partial charge is 0.248 e. The molecule has 2 aromatic heterocycles. The number of carbonyl (C=O) groups excluding carboxylic acids is 1. The number of aromatic nitrogens is 2. The summed E-state index contributed by atoms with van der Waals surface area (Å²) in [5, 5.41) is 1.000. The van der Waals surface area contributed by atoms with Gasteiger partial charge in [0, 0.05) is 11.4 Å². The molecule has 1 aliphatic heterocycles. The number of amides is 1. The molecule has 0 saturated carbocycles. The summed E-state index contributed by atoms with van der Waals surface area (Å²) >= 11 is 1.65. The SMILES string of the molecule is Cc1nc(N2CCOC(C(N)=O)C2)c2cc(-c3ccccc3)sc2n1. The first kappa shape index (κ1) is 16.0. The van der Waals surface area contributed by atoms with Crippen molar-refractivity contribution >= 4 is 33.3 Å². The van der Waals surface area contributed by atoms with Crippen LogP contribution in [0, 0.1) is 6.92 Å². The third kappa shape index (κ3) is 3.08. The molecular formula is C18H18N4O2S. The molecule has 0 radical (unpaired) electrons. The maximum absolute atomic E-state index is 11.5. The molecule has 0 spiro atoms. The van der Waals surface area contributed by atoms with Gasteiger partial charge in [0.25, 0.3) is 0 Å². The zero-order valence-corrected chi connectivity index (χ0v) is 14.6. The molecule has 3 heterocycles. The molecular weight excluding hydrogens is 336 g/mol. The monoisotopic (exact) mass is 354 g/mol. The molecule has 1 atom stereocenters. The number of morpholine rings is 1. The Hall–Kier alpha value is -2.51. The molecule has 2 N–H and O–H groups in total. The molecule has 3 aromatic rings. The van der Waals surface area contributed by atoms with E-state index in [1.165, 1.54) is 0 Å². The van der Waals surface area contributed by atoms with Crippen LogP contribution in [0.1, 0.15) is 5.82 Å².